The predicted octanol–water partition coefficient (Wildman–Crippen LogP) is 2.72. The quantitative estimate of drug-likeness (QED) is 0.842. The summed E-state index contributed by atoms with van der Waals surface area (Å²) < 4.78 is 56.7. The first-order valence-corrected chi connectivity index (χ1v) is 7.69. The van der Waals surface area contributed by atoms with Gasteiger partial charge in [-0.15, -0.1) is 10.2 Å². The van der Waals surface area contributed by atoms with Crippen LogP contribution in [0.3, 0.4) is 0 Å². The van der Waals surface area contributed by atoms with Crippen LogP contribution in [0.2, 0.25) is 0 Å². The van der Waals surface area contributed by atoms with Crippen LogP contribution in [-0.2, 0) is 10.9 Å². The van der Waals surface area contributed by atoms with Crippen LogP contribution in [0.5, 0.6) is 0 Å². The lowest BCUT2D eigenvalue weighted by molar-refractivity contribution is -0.139. The van der Waals surface area contributed by atoms with Crippen molar-refractivity contribution in [1.82, 2.24) is 10.2 Å². The normalized spacial score (nSPS) is 15.0. The molecule has 3 rings (SSSR count). The average Bonchev–Trinajstić information content (AvgIpc) is 2.63. The first kappa shape index (κ1) is 18.1. The Labute approximate surface area is 145 Å². The number of aromatic nitrogens is 2. The lowest BCUT2D eigenvalue weighted by Crippen LogP contribution is -2.37. The monoisotopic (exact) mass is 370 g/mol. The summed E-state index contributed by atoms with van der Waals surface area (Å²) >= 11 is 0. The Morgan fingerprint density at radius 3 is 2.46 bits per heavy atom. The van der Waals surface area contributed by atoms with Crippen molar-refractivity contribution in [3.05, 3.63) is 47.4 Å². The Morgan fingerprint density at radius 2 is 1.85 bits per heavy atom. The number of hydrogen-bond donors (Lipinski definition) is 1. The number of amides is 1. The maximum absolute atomic E-state index is 13.3. The zero-order valence-corrected chi connectivity index (χ0v) is 13.4. The van der Waals surface area contributed by atoms with Crippen LogP contribution in [0.4, 0.5) is 29.1 Å². The molecule has 0 radical (unpaired) electrons. The van der Waals surface area contributed by atoms with Gasteiger partial charge in [-0.25, -0.2) is 4.39 Å². The molecule has 1 aromatic heterocycles. The van der Waals surface area contributed by atoms with Gasteiger partial charge in [0.15, 0.2) is 11.5 Å². The van der Waals surface area contributed by atoms with Crippen molar-refractivity contribution in [2.45, 2.75) is 6.18 Å². The second-order valence-corrected chi connectivity index (χ2v) is 5.52. The zero-order valence-electron chi connectivity index (χ0n) is 13.4. The van der Waals surface area contributed by atoms with Gasteiger partial charge in [0.2, 0.25) is 0 Å². The van der Waals surface area contributed by atoms with Gasteiger partial charge in [-0.3, -0.25) is 4.79 Å². The van der Waals surface area contributed by atoms with E-state index in [1.807, 2.05) is 4.90 Å². The van der Waals surface area contributed by atoms with Crippen molar-refractivity contribution < 1.29 is 27.1 Å². The van der Waals surface area contributed by atoms with E-state index in [-0.39, 0.29) is 11.4 Å². The number of nitrogens with one attached hydrogen (secondary N) is 1. The third kappa shape index (κ3) is 4.07. The van der Waals surface area contributed by atoms with Crippen LogP contribution in [0.1, 0.15) is 16.1 Å². The van der Waals surface area contributed by atoms with Crippen LogP contribution in [0.25, 0.3) is 0 Å². The van der Waals surface area contributed by atoms with Crippen LogP contribution in [0, 0.1) is 5.82 Å². The number of rotatable bonds is 3. The molecule has 1 amide bonds. The number of alkyl halides is 3. The summed E-state index contributed by atoms with van der Waals surface area (Å²) in [4.78, 5) is 14.1. The molecule has 1 aliphatic rings. The summed E-state index contributed by atoms with van der Waals surface area (Å²) in [5.74, 6) is -1.58. The molecule has 26 heavy (non-hydrogen) atoms. The highest BCUT2D eigenvalue weighted by atomic mass is 19.4. The van der Waals surface area contributed by atoms with E-state index in [2.05, 4.69) is 15.5 Å². The molecule has 1 aromatic carbocycles. The second-order valence-electron chi connectivity index (χ2n) is 5.52. The minimum Gasteiger partial charge on any atom is -0.378 e. The van der Waals surface area contributed by atoms with Gasteiger partial charge in [0.1, 0.15) is 5.82 Å². The topological polar surface area (TPSA) is 67.4 Å². The van der Waals surface area contributed by atoms with Gasteiger partial charge in [0, 0.05) is 18.8 Å². The Morgan fingerprint density at radius 1 is 1.12 bits per heavy atom. The number of morpholine rings is 1. The van der Waals surface area contributed by atoms with Gasteiger partial charge >= 0.3 is 6.18 Å². The molecule has 0 unspecified atom stereocenters. The molecule has 1 fully saturated rings. The van der Waals surface area contributed by atoms with E-state index >= 15 is 0 Å². The number of benzene rings is 1. The van der Waals surface area contributed by atoms with E-state index in [0.29, 0.717) is 44.3 Å². The highest BCUT2D eigenvalue weighted by Gasteiger charge is 2.34. The van der Waals surface area contributed by atoms with Gasteiger partial charge in [-0.2, -0.15) is 13.2 Å². The van der Waals surface area contributed by atoms with Crippen LogP contribution >= 0.6 is 0 Å². The highest BCUT2D eigenvalue weighted by molar-refractivity contribution is 6.02. The highest BCUT2D eigenvalue weighted by Crippen LogP contribution is 2.33. The molecule has 2 aromatic rings. The van der Waals surface area contributed by atoms with Crippen molar-refractivity contribution in [3.63, 3.8) is 0 Å². The summed E-state index contributed by atoms with van der Waals surface area (Å²) in [5, 5.41) is 10.0. The molecule has 138 valence electrons. The Kier molecular flexibility index (Phi) is 5.03. The Bertz CT molecular complexity index is 790. The number of anilines is 2. The number of halogens is 4. The minimum atomic E-state index is -4.86. The standard InChI is InChI=1S/C16H14F4N4O2/c17-12-2-1-10(9-11(12)16(18,19)20)21-15(25)13-3-4-14(23-22-13)24-5-7-26-8-6-24/h1-4,9H,5-8H2,(H,21,25). The number of hydrogen-bond acceptors (Lipinski definition) is 5. The SMILES string of the molecule is O=C(Nc1ccc(F)c(C(F)(F)F)c1)c1ccc(N2CCOCC2)nn1. The molecule has 0 bridgehead atoms. The van der Waals surface area contributed by atoms with E-state index in [9.17, 15) is 22.4 Å². The van der Waals surface area contributed by atoms with Crippen molar-refractivity contribution in [3.8, 4) is 0 Å². The summed E-state index contributed by atoms with van der Waals surface area (Å²) in [7, 11) is 0. The summed E-state index contributed by atoms with van der Waals surface area (Å²) in [5.41, 5.74) is -1.72. The zero-order chi connectivity index (χ0) is 18.7. The minimum absolute atomic E-state index is 0.0695. The molecule has 0 saturated carbocycles. The summed E-state index contributed by atoms with van der Waals surface area (Å²) in [6.07, 6.45) is -4.86. The number of ether oxygens (including phenoxy) is 1. The average molecular weight is 370 g/mol. The molecule has 1 saturated heterocycles. The van der Waals surface area contributed by atoms with Crippen LogP contribution in [-0.4, -0.2) is 42.4 Å². The molecule has 0 spiro atoms. The molecule has 0 aliphatic carbocycles. The van der Waals surface area contributed by atoms with Crippen LogP contribution < -0.4 is 10.2 Å². The third-order valence-electron chi connectivity index (χ3n) is 3.75. The molecule has 10 heteroatoms. The number of carbonyl (C=O) groups is 1. The lowest BCUT2D eigenvalue weighted by Gasteiger charge is -2.27. The third-order valence-corrected chi connectivity index (χ3v) is 3.75. The molecule has 0 atom stereocenters. The predicted molar refractivity (Wildman–Crippen MR) is 84.4 cm³/mol. The summed E-state index contributed by atoms with van der Waals surface area (Å²) in [6.45, 7) is 2.43. The van der Waals surface area contributed by atoms with Crippen LogP contribution in [0.15, 0.2) is 30.3 Å². The first-order chi connectivity index (χ1) is 12.3. The Balaban J connectivity index is 1.72. The van der Waals surface area contributed by atoms with E-state index in [4.69, 9.17) is 4.74 Å². The van der Waals surface area contributed by atoms with E-state index in [1.165, 1.54) is 6.07 Å². The van der Waals surface area contributed by atoms with E-state index in [0.717, 1.165) is 6.07 Å². The van der Waals surface area contributed by atoms with E-state index in [1.54, 1.807) is 6.07 Å². The lowest BCUT2D eigenvalue weighted by atomic mass is 10.1. The molecule has 1 N–H and O–H groups in total. The van der Waals surface area contributed by atoms with Crippen molar-refractivity contribution in [2.75, 3.05) is 36.5 Å². The van der Waals surface area contributed by atoms with Crippen molar-refractivity contribution >= 4 is 17.4 Å². The van der Waals surface area contributed by atoms with Crippen molar-refractivity contribution in [1.29, 1.82) is 0 Å². The fraction of sp³-hybridized carbons (Fsp3) is 0.312. The largest absolute Gasteiger partial charge is 0.419 e. The Hall–Kier alpha value is -2.75. The van der Waals surface area contributed by atoms with Gasteiger partial charge < -0.3 is 15.0 Å². The molecular formula is C16H14F4N4O2. The summed E-state index contributed by atoms with van der Waals surface area (Å²) in [6, 6.07) is 5.23. The van der Waals surface area contributed by atoms with Gasteiger partial charge in [-0.05, 0) is 30.3 Å². The maximum atomic E-state index is 13.3. The van der Waals surface area contributed by atoms with Gasteiger partial charge in [0.05, 0.1) is 18.8 Å². The maximum Gasteiger partial charge on any atom is 0.419 e. The van der Waals surface area contributed by atoms with E-state index < -0.39 is 23.5 Å². The number of nitrogens with zero attached hydrogens (tertiary/aromatic N) is 3. The molecule has 2 heterocycles. The van der Waals surface area contributed by atoms with Gasteiger partial charge in [0.25, 0.3) is 5.91 Å². The fourth-order valence-electron chi connectivity index (χ4n) is 2.42. The first-order valence-electron chi connectivity index (χ1n) is 7.69. The van der Waals surface area contributed by atoms with Gasteiger partial charge in [-0.1, -0.05) is 0 Å². The molecule has 6 nitrogen and oxygen atoms in total. The van der Waals surface area contributed by atoms with Crippen molar-refractivity contribution in [2.24, 2.45) is 0 Å². The molecular weight excluding hydrogens is 356 g/mol. The number of carbonyl (C=O) groups excluding carboxylic acids is 1. The smallest absolute Gasteiger partial charge is 0.378 e. The molecule has 1 aliphatic heterocycles. The second kappa shape index (κ2) is 7.24. The fourth-order valence-corrected chi connectivity index (χ4v) is 2.42.